The standard InChI is InChI=1S/C10H22O3PS2/c1-3-5-7-15-9-12-14(11)13-10-16-8-6-4-2/h3-10H2,1-2H3/q+1. The summed E-state index contributed by atoms with van der Waals surface area (Å²) in [7, 11) is -1.91. The van der Waals surface area contributed by atoms with Gasteiger partial charge in [0, 0.05) is 4.57 Å². The molecule has 96 valence electrons. The Bertz CT molecular complexity index is 154. The molecule has 0 aromatic carbocycles. The smallest absolute Gasteiger partial charge is 0.129 e. The Morgan fingerprint density at radius 1 is 0.938 bits per heavy atom. The van der Waals surface area contributed by atoms with E-state index >= 15 is 0 Å². The molecule has 0 aromatic heterocycles. The molecular formula is C10H22O3PS2+. The van der Waals surface area contributed by atoms with Gasteiger partial charge in [0.05, 0.1) is 0 Å². The van der Waals surface area contributed by atoms with E-state index in [1.54, 1.807) is 23.5 Å². The third kappa shape index (κ3) is 12.8. The van der Waals surface area contributed by atoms with E-state index in [0.717, 1.165) is 11.5 Å². The Morgan fingerprint density at radius 3 is 1.75 bits per heavy atom. The van der Waals surface area contributed by atoms with Crippen LogP contribution in [0.5, 0.6) is 0 Å². The number of rotatable bonds is 12. The summed E-state index contributed by atoms with van der Waals surface area (Å²) in [6.45, 7) is 4.30. The molecule has 0 atom stereocenters. The van der Waals surface area contributed by atoms with Gasteiger partial charge < -0.3 is 0 Å². The molecule has 0 bridgehead atoms. The van der Waals surface area contributed by atoms with Crippen LogP contribution in [0.4, 0.5) is 0 Å². The van der Waals surface area contributed by atoms with E-state index in [0.29, 0.717) is 11.9 Å². The van der Waals surface area contributed by atoms with E-state index in [1.165, 1.54) is 25.7 Å². The van der Waals surface area contributed by atoms with Gasteiger partial charge in [-0.3, -0.25) is 0 Å². The summed E-state index contributed by atoms with van der Waals surface area (Å²) in [6.07, 6.45) is 4.73. The third-order valence-corrected chi connectivity index (χ3v) is 4.52. The highest BCUT2D eigenvalue weighted by atomic mass is 32.2. The summed E-state index contributed by atoms with van der Waals surface area (Å²) in [5.41, 5.74) is 0. The number of hydrogen-bond donors (Lipinski definition) is 0. The SMILES string of the molecule is CCCCSCO[P+](=O)OCSCCCC. The van der Waals surface area contributed by atoms with Crippen LogP contribution in [-0.2, 0) is 13.6 Å². The first kappa shape index (κ1) is 16.7. The Balaban J connectivity index is 3.12. The van der Waals surface area contributed by atoms with E-state index in [4.69, 9.17) is 9.05 Å². The van der Waals surface area contributed by atoms with Crippen LogP contribution in [0.25, 0.3) is 0 Å². The normalized spacial score (nSPS) is 10.6. The second kappa shape index (κ2) is 13.8. The van der Waals surface area contributed by atoms with Gasteiger partial charge in [-0.2, -0.15) is 0 Å². The first-order valence-corrected chi connectivity index (χ1v) is 9.10. The molecule has 16 heavy (non-hydrogen) atoms. The van der Waals surface area contributed by atoms with Gasteiger partial charge in [0.2, 0.25) is 0 Å². The quantitative estimate of drug-likeness (QED) is 0.296. The summed E-state index contributed by atoms with van der Waals surface area (Å²) >= 11 is 3.32. The van der Waals surface area contributed by atoms with E-state index in [9.17, 15) is 4.57 Å². The maximum atomic E-state index is 11.2. The lowest BCUT2D eigenvalue weighted by Crippen LogP contribution is -1.88. The Hall–Kier alpha value is 0.720. The molecule has 3 nitrogen and oxygen atoms in total. The van der Waals surface area contributed by atoms with E-state index < -0.39 is 8.25 Å². The zero-order chi connectivity index (χ0) is 12.1. The van der Waals surface area contributed by atoms with Gasteiger partial charge in [0.15, 0.2) is 11.9 Å². The molecule has 0 fully saturated rings. The van der Waals surface area contributed by atoms with Gasteiger partial charge in [-0.1, -0.05) is 26.7 Å². The molecule has 6 heteroatoms. The zero-order valence-corrected chi connectivity index (χ0v) is 12.7. The van der Waals surface area contributed by atoms with Crippen LogP contribution >= 0.6 is 31.8 Å². The van der Waals surface area contributed by atoms with Crippen LogP contribution in [0.2, 0.25) is 0 Å². The molecule has 0 amide bonds. The third-order valence-electron chi connectivity index (χ3n) is 1.77. The van der Waals surface area contributed by atoms with Gasteiger partial charge >= 0.3 is 8.25 Å². The van der Waals surface area contributed by atoms with Crippen LogP contribution in [0.15, 0.2) is 0 Å². The topological polar surface area (TPSA) is 35.5 Å². The number of unbranched alkanes of at least 4 members (excludes halogenated alkanes) is 2. The Kier molecular flexibility index (Phi) is 14.4. The minimum Gasteiger partial charge on any atom is -0.129 e. The average molecular weight is 285 g/mol. The minimum atomic E-state index is -1.91. The molecular weight excluding hydrogens is 263 g/mol. The van der Waals surface area contributed by atoms with Crippen LogP contribution in [0.1, 0.15) is 39.5 Å². The van der Waals surface area contributed by atoms with E-state index in [2.05, 4.69) is 13.8 Å². The molecule has 0 N–H and O–H groups in total. The van der Waals surface area contributed by atoms with Crippen molar-refractivity contribution in [3.63, 3.8) is 0 Å². The molecule has 0 aliphatic rings. The first-order chi connectivity index (χ1) is 7.81. The summed E-state index contributed by atoms with van der Waals surface area (Å²) in [5.74, 6) is 3.06. The Morgan fingerprint density at radius 2 is 1.38 bits per heavy atom. The van der Waals surface area contributed by atoms with Gasteiger partial charge in [0.1, 0.15) is 0 Å². The lowest BCUT2D eigenvalue weighted by molar-refractivity contribution is 0.285. The second-order valence-electron chi connectivity index (χ2n) is 3.24. The van der Waals surface area contributed by atoms with Crippen molar-refractivity contribution in [3.05, 3.63) is 0 Å². The molecule has 0 heterocycles. The molecule has 0 radical (unpaired) electrons. The summed E-state index contributed by atoms with van der Waals surface area (Å²) in [4.78, 5) is 0. The minimum absolute atomic E-state index is 0.467. The van der Waals surface area contributed by atoms with Crippen molar-refractivity contribution in [2.75, 3.05) is 23.4 Å². The van der Waals surface area contributed by atoms with Crippen molar-refractivity contribution < 1.29 is 13.6 Å². The first-order valence-electron chi connectivity index (χ1n) is 5.69. The van der Waals surface area contributed by atoms with E-state index in [-0.39, 0.29) is 0 Å². The van der Waals surface area contributed by atoms with Crippen LogP contribution in [0, 0.1) is 0 Å². The predicted molar refractivity (Wildman–Crippen MR) is 74.2 cm³/mol. The summed E-state index contributed by atoms with van der Waals surface area (Å²) in [5, 5.41) is 0. The molecule has 0 aromatic rings. The monoisotopic (exact) mass is 285 g/mol. The van der Waals surface area contributed by atoms with Crippen molar-refractivity contribution >= 4 is 31.8 Å². The highest BCUT2D eigenvalue weighted by molar-refractivity contribution is 7.99. The van der Waals surface area contributed by atoms with Gasteiger partial charge in [0.25, 0.3) is 0 Å². The van der Waals surface area contributed by atoms with Gasteiger partial charge in [-0.15, -0.1) is 32.6 Å². The molecule has 0 unspecified atom stereocenters. The maximum absolute atomic E-state index is 11.2. The lowest BCUT2D eigenvalue weighted by Gasteiger charge is -1.95. The van der Waals surface area contributed by atoms with Crippen molar-refractivity contribution in [1.82, 2.24) is 0 Å². The largest absolute Gasteiger partial charge is 0.699 e. The lowest BCUT2D eigenvalue weighted by atomic mass is 10.4. The molecule has 0 aliphatic carbocycles. The second-order valence-corrected chi connectivity index (χ2v) is 6.31. The van der Waals surface area contributed by atoms with Crippen molar-refractivity contribution in [3.8, 4) is 0 Å². The Labute approximate surface area is 108 Å². The van der Waals surface area contributed by atoms with Gasteiger partial charge in [-0.05, 0) is 24.3 Å². The summed E-state index contributed by atoms with van der Waals surface area (Å²) < 4.78 is 21.2. The highest BCUT2D eigenvalue weighted by Crippen LogP contribution is 2.27. The van der Waals surface area contributed by atoms with Crippen molar-refractivity contribution in [2.45, 2.75) is 39.5 Å². The summed E-state index contributed by atoms with van der Waals surface area (Å²) in [6, 6.07) is 0. The van der Waals surface area contributed by atoms with Crippen LogP contribution in [0.3, 0.4) is 0 Å². The van der Waals surface area contributed by atoms with Crippen LogP contribution in [-0.4, -0.2) is 23.4 Å². The predicted octanol–water partition coefficient (Wildman–Crippen LogP) is 4.66. The molecule has 0 spiro atoms. The van der Waals surface area contributed by atoms with Crippen LogP contribution < -0.4 is 0 Å². The number of thioether (sulfide) groups is 2. The fourth-order valence-electron chi connectivity index (χ4n) is 0.809. The molecule has 0 aliphatic heterocycles. The van der Waals surface area contributed by atoms with E-state index in [1.807, 2.05) is 0 Å². The molecule has 0 saturated heterocycles. The molecule has 0 saturated carbocycles. The fourth-order valence-corrected chi connectivity index (χ4v) is 3.39. The highest BCUT2D eigenvalue weighted by Gasteiger charge is 2.19. The fraction of sp³-hybridized carbons (Fsp3) is 1.00. The van der Waals surface area contributed by atoms with Crippen molar-refractivity contribution in [1.29, 1.82) is 0 Å². The maximum Gasteiger partial charge on any atom is 0.699 e. The van der Waals surface area contributed by atoms with Crippen molar-refractivity contribution in [2.24, 2.45) is 0 Å². The number of hydrogen-bond acceptors (Lipinski definition) is 5. The molecule has 0 rings (SSSR count). The van der Waals surface area contributed by atoms with Gasteiger partial charge in [-0.25, -0.2) is 0 Å². The average Bonchev–Trinajstić information content (AvgIpc) is 2.28. The zero-order valence-electron chi connectivity index (χ0n) is 10.1.